The molecule has 1 aliphatic heterocycles. The molecule has 0 saturated heterocycles. The first kappa shape index (κ1) is 10.7. The highest BCUT2D eigenvalue weighted by atomic mass is 16.5. The van der Waals surface area contributed by atoms with Crippen LogP contribution in [0.3, 0.4) is 0 Å². The molecule has 1 saturated carbocycles. The van der Waals surface area contributed by atoms with Gasteiger partial charge < -0.3 is 10.1 Å². The largest absolute Gasteiger partial charge is 0.459 e. The fourth-order valence-electron chi connectivity index (χ4n) is 2.34. The van der Waals surface area contributed by atoms with Gasteiger partial charge in [0.05, 0.1) is 0 Å². The van der Waals surface area contributed by atoms with Crippen molar-refractivity contribution in [3.63, 3.8) is 0 Å². The molecule has 3 nitrogen and oxygen atoms in total. The minimum atomic E-state index is -0.112. The summed E-state index contributed by atoms with van der Waals surface area (Å²) in [6.45, 7) is 3.70. The molecule has 84 valence electrons. The van der Waals surface area contributed by atoms with Gasteiger partial charge in [0, 0.05) is 18.7 Å². The van der Waals surface area contributed by atoms with Crippen molar-refractivity contribution in [2.24, 2.45) is 5.92 Å². The van der Waals surface area contributed by atoms with Gasteiger partial charge in [-0.3, -0.25) is 0 Å². The van der Waals surface area contributed by atoms with Crippen LogP contribution in [0.5, 0.6) is 0 Å². The molecule has 2 atom stereocenters. The summed E-state index contributed by atoms with van der Waals surface area (Å²) >= 11 is 0. The summed E-state index contributed by atoms with van der Waals surface area (Å²) in [5.74, 6) is 0.589. The van der Waals surface area contributed by atoms with Crippen molar-refractivity contribution in [2.45, 2.75) is 38.7 Å². The van der Waals surface area contributed by atoms with Crippen LogP contribution in [-0.2, 0) is 9.53 Å². The molecular weight excluding hydrogens is 190 g/mol. The fourth-order valence-corrected chi connectivity index (χ4v) is 2.34. The monoisotopic (exact) mass is 209 g/mol. The average Bonchev–Trinajstić information content (AvgIpc) is 2.70. The smallest absolute Gasteiger partial charge is 0.335 e. The molecule has 0 aromatic carbocycles. The maximum absolute atomic E-state index is 11.7. The lowest BCUT2D eigenvalue weighted by molar-refractivity contribution is -0.146. The molecule has 2 unspecified atom stereocenters. The Morgan fingerprint density at radius 3 is 3.07 bits per heavy atom. The minimum absolute atomic E-state index is 0.112. The zero-order valence-electron chi connectivity index (χ0n) is 9.29. The normalized spacial score (nSPS) is 31.1. The number of nitrogens with one attached hydrogen (secondary N) is 1. The van der Waals surface area contributed by atoms with Crippen molar-refractivity contribution < 1.29 is 9.53 Å². The summed E-state index contributed by atoms with van der Waals surface area (Å²) in [5.41, 5.74) is 0.799. The van der Waals surface area contributed by atoms with Gasteiger partial charge >= 0.3 is 5.97 Å². The predicted molar refractivity (Wildman–Crippen MR) is 58.5 cm³/mol. The van der Waals surface area contributed by atoms with Gasteiger partial charge in [0.25, 0.3) is 0 Å². The van der Waals surface area contributed by atoms with E-state index in [4.69, 9.17) is 4.74 Å². The van der Waals surface area contributed by atoms with Crippen molar-refractivity contribution >= 4 is 5.97 Å². The molecule has 0 amide bonds. The van der Waals surface area contributed by atoms with Crippen molar-refractivity contribution in [3.05, 3.63) is 11.6 Å². The molecule has 1 heterocycles. The average molecular weight is 209 g/mol. The molecule has 0 aromatic rings. The number of esters is 1. The van der Waals surface area contributed by atoms with Gasteiger partial charge in [-0.05, 0) is 25.2 Å². The van der Waals surface area contributed by atoms with Gasteiger partial charge in [-0.25, -0.2) is 4.79 Å². The lowest BCUT2D eigenvalue weighted by Crippen LogP contribution is -2.26. The highest BCUT2D eigenvalue weighted by Crippen LogP contribution is 2.26. The standard InChI is InChI=1S/C12H19NO2/c1-9-3-2-4-11(7-9)15-12(14)10-5-6-13-8-10/h5,9,11,13H,2-4,6-8H2,1H3. The van der Waals surface area contributed by atoms with E-state index in [9.17, 15) is 4.79 Å². The molecule has 1 aliphatic carbocycles. The van der Waals surface area contributed by atoms with Crippen LogP contribution in [0.4, 0.5) is 0 Å². The zero-order valence-corrected chi connectivity index (χ0v) is 9.29. The Morgan fingerprint density at radius 2 is 2.40 bits per heavy atom. The zero-order chi connectivity index (χ0) is 10.7. The molecule has 1 N–H and O–H groups in total. The third kappa shape index (κ3) is 2.81. The first-order valence-corrected chi connectivity index (χ1v) is 5.86. The number of hydrogen-bond acceptors (Lipinski definition) is 3. The molecule has 0 spiro atoms. The van der Waals surface area contributed by atoms with Crippen molar-refractivity contribution in [3.8, 4) is 0 Å². The summed E-state index contributed by atoms with van der Waals surface area (Å²) in [7, 11) is 0. The Bertz CT molecular complexity index is 273. The predicted octanol–water partition coefficient (Wildman–Crippen LogP) is 1.64. The first-order chi connectivity index (χ1) is 7.25. The van der Waals surface area contributed by atoms with E-state index in [2.05, 4.69) is 12.2 Å². The first-order valence-electron chi connectivity index (χ1n) is 5.86. The van der Waals surface area contributed by atoms with Gasteiger partial charge in [-0.15, -0.1) is 0 Å². The maximum Gasteiger partial charge on any atom is 0.335 e. The molecule has 2 rings (SSSR count). The number of carbonyl (C=O) groups is 1. The molecule has 2 aliphatic rings. The van der Waals surface area contributed by atoms with Crippen LogP contribution in [0, 0.1) is 5.92 Å². The van der Waals surface area contributed by atoms with Crippen molar-refractivity contribution in [1.82, 2.24) is 5.32 Å². The molecule has 3 heteroatoms. The number of carbonyl (C=O) groups excluding carboxylic acids is 1. The second-order valence-corrected chi connectivity index (χ2v) is 4.66. The molecule has 0 radical (unpaired) electrons. The van der Waals surface area contributed by atoms with Gasteiger partial charge in [-0.1, -0.05) is 19.4 Å². The van der Waals surface area contributed by atoms with E-state index < -0.39 is 0 Å². The van der Waals surface area contributed by atoms with Gasteiger partial charge in [0.1, 0.15) is 6.10 Å². The Balaban J connectivity index is 1.82. The van der Waals surface area contributed by atoms with E-state index in [1.54, 1.807) is 0 Å². The minimum Gasteiger partial charge on any atom is -0.459 e. The Kier molecular flexibility index (Phi) is 3.41. The quantitative estimate of drug-likeness (QED) is 0.703. The highest BCUT2D eigenvalue weighted by molar-refractivity contribution is 5.89. The third-order valence-electron chi connectivity index (χ3n) is 3.23. The van der Waals surface area contributed by atoms with Crippen LogP contribution < -0.4 is 5.32 Å². The molecule has 0 aromatic heterocycles. The lowest BCUT2D eigenvalue weighted by atomic mass is 9.89. The number of hydrogen-bond donors (Lipinski definition) is 1. The van der Waals surface area contributed by atoms with Crippen LogP contribution in [0.15, 0.2) is 11.6 Å². The van der Waals surface area contributed by atoms with Gasteiger partial charge in [0.15, 0.2) is 0 Å². The van der Waals surface area contributed by atoms with E-state index in [1.807, 2.05) is 6.08 Å². The number of ether oxygens (including phenoxy) is 1. The van der Waals surface area contributed by atoms with Gasteiger partial charge in [-0.2, -0.15) is 0 Å². The Labute approximate surface area is 90.9 Å². The maximum atomic E-state index is 11.7. The van der Waals surface area contributed by atoms with Crippen molar-refractivity contribution in [1.29, 1.82) is 0 Å². The lowest BCUT2D eigenvalue weighted by Gasteiger charge is -2.26. The number of rotatable bonds is 2. The second-order valence-electron chi connectivity index (χ2n) is 4.66. The molecular formula is C12H19NO2. The summed E-state index contributed by atoms with van der Waals surface area (Å²) in [5, 5.41) is 3.11. The third-order valence-corrected chi connectivity index (χ3v) is 3.23. The Hall–Kier alpha value is -0.830. The Morgan fingerprint density at radius 1 is 1.53 bits per heavy atom. The van der Waals surface area contributed by atoms with Crippen molar-refractivity contribution in [2.75, 3.05) is 13.1 Å². The topological polar surface area (TPSA) is 38.3 Å². The van der Waals surface area contributed by atoms with Crippen LogP contribution in [0.2, 0.25) is 0 Å². The summed E-state index contributed by atoms with van der Waals surface area (Å²) in [6.07, 6.45) is 6.62. The molecule has 1 fully saturated rings. The fraction of sp³-hybridized carbons (Fsp3) is 0.750. The summed E-state index contributed by atoms with van der Waals surface area (Å²) < 4.78 is 5.50. The summed E-state index contributed by atoms with van der Waals surface area (Å²) in [6, 6.07) is 0. The second kappa shape index (κ2) is 4.79. The molecule has 0 bridgehead atoms. The molecule has 15 heavy (non-hydrogen) atoms. The SMILES string of the molecule is CC1CCCC(OC(=O)C2=CCNC2)C1. The van der Waals surface area contributed by atoms with Crippen LogP contribution in [0.25, 0.3) is 0 Å². The van der Waals surface area contributed by atoms with E-state index in [0.29, 0.717) is 12.5 Å². The van der Waals surface area contributed by atoms with Crippen LogP contribution in [0.1, 0.15) is 32.6 Å². The van der Waals surface area contributed by atoms with E-state index in [-0.39, 0.29) is 12.1 Å². The van der Waals surface area contributed by atoms with Gasteiger partial charge in [0.2, 0.25) is 0 Å². The summed E-state index contributed by atoms with van der Waals surface area (Å²) in [4.78, 5) is 11.7. The van der Waals surface area contributed by atoms with Crippen LogP contribution in [-0.4, -0.2) is 25.2 Å². The van der Waals surface area contributed by atoms with Crippen LogP contribution >= 0.6 is 0 Å². The van der Waals surface area contributed by atoms with E-state index in [0.717, 1.165) is 25.0 Å². The van der Waals surface area contributed by atoms with E-state index in [1.165, 1.54) is 12.8 Å². The highest BCUT2D eigenvalue weighted by Gasteiger charge is 2.24. The van der Waals surface area contributed by atoms with E-state index >= 15 is 0 Å².